The highest BCUT2D eigenvalue weighted by Gasteiger charge is 2.25. The number of sulfonamides is 1. The van der Waals surface area contributed by atoms with Gasteiger partial charge in [0.1, 0.15) is 16.8 Å². The van der Waals surface area contributed by atoms with Gasteiger partial charge >= 0.3 is 5.97 Å². The molecule has 0 amide bonds. The molecule has 1 aromatic heterocycles. The number of nitrogens with one attached hydrogen (secondary N) is 2. The first kappa shape index (κ1) is 16.7. The van der Waals surface area contributed by atoms with E-state index in [1.807, 2.05) is 0 Å². The number of anilines is 1. The van der Waals surface area contributed by atoms with Crippen molar-refractivity contribution >= 4 is 21.8 Å². The average Bonchev–Trinajstić information content (AvgIpc) is 3.27. The summed E-state index contributed by atoms with van der Waals surface area (Å²) in [6.45, 7) is 4.02. The van der Waals surface area contributed by atoms with Crippen LogP contribution in [0.2, 0.25) is 0 Å². The van der Waals surface area contributed by atoms with Crippen molar-refractivity contribution in [3.8, 4) is 0 Å². The van der Waals surface area contributed by atoms with Crippen molar-refractivity contribution in [1.82, 2.24) is 9.71 Å². The molecule has 1 saturated carbocycles. The lowest BCUT2D eigenvalue weighted by Gasteiger charge is -2.18. The van der Waals surface area contributed by atoms with Crippen molar-refractivity contribution < 1.29 is 18.3 Å². The summed E-state index contributed by atoms with van der Waals surface area (Å²) in [5, 5.41) is 11.9. The van der Waals surface area contributed by atoms with E-state index in [1.54, 1.807) is 13.8 Å². The normalized spacial score (nSPS) is 16.5. The number of aliphatic carboxylic acids is 1. The second-order valence-corrected chi connectivity index (χ2v) is 7.65. The molecule has 22 heavy (non-hydrogen) atoms. The van der Waals surface area contributed by atoms with Crippen LogP contribution in [0.4, 0.5) is 5.82 Å². The number of aromatic nitrogens is 1. The van der Waals surface area contributed by atoms with Gasteiger partial charge in [0, 0.05) is 12.7 Å². The molecule has 1 heterocycles. The van der Waals surface area contributed by atoms with Crippen LogP contribution in [0.3, 0.4) is 0 Å². The summed E-state index contributed by atoms with van der Waals surface area (Å²) in [5.41, 5.74) is 0. The number of pyridine rings is 1. The molecular weight excluding hydrogens is 306 g/mol. The van der Waals surface area contributed by atoms with Crippen molar-refractivity contribution in [3.63, 3.8) is 0 Å². The van der Waals surface area contributed by atoms with E-state index in [9.17, 15) is 13.2 Å². The van der Waals surface area contributed by atoms with E-state index in [2.05, 4.69) is 15.0 Å². The Hall–Kier alpha value is -1.67. The summed E-state index contributed by atoms with van der Waals surface area (Å²) in [7, 11) is -3.55. The molecule has 1 aliphatic rings. The first-order valence-corrected chi connectivity index (χ1v) is 8.73. The zero-order chi connectivity index (χ0) is 16.3. The number of carboxylic acid groups (broad SMARTS) is 1. The van der Waals surface area contributed by atoms with Gasteiger partial charge in [0.25, 0.3) is 0 Å². The maximum absolute atomic E-state index is 12.0. The van der Waals surface area contributed by atoms with Gasteiger partial charge in [0.15, 0.2) is 0 Å². The summed E-state index contributed by atoms with van der Waals surface area (Å²) in [6, 6.07) is 2.12. The molecule has 0 aromatic carbocycles. The van der Waals surface area contributed by atoms with Crippen molar-refractivity contribution in [3.05, 3.63) is 18.3 Å². The fourth-order valence-electron chi connectivity index (χ4n) is 1.93. The first-order valence-electron chi connectivity index (χ1n) is 7.24. The fourth-order valence-corrected chi connectivity index (χ4v) is 2.99. The number of carbonyl (C=O) groups is 1. The van der Waals surface area contributed by atoms with Crippen molar-refractivity contribution in [2.45, 2.75) is 37.6 Å². The molecule has 2 rings (SSSR count). The minimum Gasteiger partial charge on any atom is -0.480 e. The largest absolute Gasteiger partial charge is 0.480 e. The molecule has 0 saturated heterocycles. The van der Waals surface area contributed by atoms with Crippen LogP contribution in [0.5, 0.6) is 0 Å². The third-order valence-electron chi connectivity index (χ3n) is 3.54. The Balaban J connectivity index is 2.04. The van der Waals surface area contributed by atoms with Gasteiger partial charge in [-0.25, -0.2) is 22.9 Å². The maximum atomic E-state index is 12.0. The summed E-state index contributed by atoms with van der Waals surface area (Å²) < 4.78 is 26.6. The minimum absolute atomic E-state index is 0.0788. The molecule has 3 N–H and O–H groups in total. The molecule has 0 unspecified atom stereocenters. The van der Waals surface area contributed by atoms with E-state index in [0.29, 0.717) is 18.3 Å². The molecule has 122 valence electrons. The molecule has 0 spiro atoms. The van der Waals surface area contributed by atoms with Gasteiger partial charge in [0.05, 0.1) is 0 Å². The fraction of sp³-hybridized carbons (Fsp3) is 0.571. The van der Waals surface area contributed by atoms with E-state index < -0.39 is 22.0 Å². The Morgan fingerprint density at radius 1 is 1.41 bits per heavy atom. The predicted octanol–water partition coefficient (Wildman–Crippen LogP) is 1.29. The zero-order valence-electron chi connectivity index (χ0n) is 12.6. The lowest BCUT2D eigenvalue weighted by molar-refractivity contribution is -0.138. The zero-order valence-corrected chi connectivity index (χ0v) is 13.4. The molecule has 1 aromatic rings. The van der Waals surface area contributed by atoms with Gasteiger partial charge < -0.3 is 10.4 Å². The molecule has 1 fully saturated rings. The van der Waals surface area contributed by atoms with Gasteiger partial charge in [-0.3, -0.25) is 0 Å². The Morgan fingerprint density at radius 2 is 2.09 bits per heavy atom. The summed E-state index contributed by atoms with van der Waals surface area (Å²) in [5.74, 6) is -0.309. The SMILES string of the molecule is CC(C)[C@@H](Nc1ccc(S(=O)(=O)NCC2CC2)cn1)C(=O)O. The van der Waals surface area contributed by atoms with Gasteiger partial charge in [0.2, 0.25) is 10.0 Å². The third kappa shape index (κ3) is 4.41. The molecule has 0 aliphatic heterocycles. The number of carboxylic acids is 1. The summed E-state index contributed by atoms with van der Waals surface area (Å²) >= 11 is 0. The quantitative estimate of drug-likeness (QED) is 0.664. The van der Waals surface area contributed by atoms with E-state index in [1.165, 1.54) is 18.3 Å². The molecule has 0 bridgehead atoms. The van der Waals surface area contributed by atoms with Gasteiger partial charge in [-0.05, 0) is 36.8 Å². The van der Waals surface area contributed by atoms with Crippen LogP contribution in [-0.4, -0.2) is 37.1 Å². The summed E-state index contributed by atoms with van der Waals surface area (Å²) in [4.78, 5) is 15.2. The van der Waals surface area contributed by atoms with Crippen LogP contribution >= 0.6 is 0 Å². The van der Waals surface area contributed by atoms with E-state index in [-0.39, 0.29) is 10.8 Å². The molecule has 7 nitrogen and oxygen atoms in total. The van der Waals surface area contributed by atoms with Gasteiger partial charge in [-0.2, -0.15) is 0 Å². The standard InChI is InChI=1S/C14H21N3O4S/c1-9(2)13(14(18)19)17-12-6-5-11(8-15-12)22(20,21)16-7-10-3-4-10/h5-6,8-10,13,16H,3-4,7H2,1-2H3,(H,15,17)(H,18,19)/t13-/m1/s1. The van der Waals surface area contributed by atoms with E-state index >= 15 is 0 Å². The lowest BCUT2D eigenvalue weighted by Crippen LogP contribution is -2.34. The predicted molar refractivity (Wildman–Crippen MR) is 82.0 cm³/mol. The highest BCUT2D eigenvalue weighted by molar-refractivity contribution is 7.89. The monoisotopic (exact) mass is 327 g/mol. The Morgan fingerprint density at radius 3 is 2.55 bits per heavy atom. The van der Waals surface area contributed by atoms with Crippen molar-refractivity contribution in [2.75, 3.05) is 11.9 Å². The molecule has 8 heteroatoms. The third-order valence-corrected chi connectivity index (χ3v) is 4.95. The number of hydrogen-bond donors (Lipinski definition) is 3. The van der Waals surface area contributed by atoms with Crippen LogP contribution in [0.1, 0.15) is 26.7 Å². The first-order chi connectivity index (χ1) is 10.3. The van der Waals surface area contributed by atoms with Crippen molar-refractivity contribution in [2.24, 2.45) is 11.8 Å². The van der Waals surface area contributed by atoms with Crippen LogP contribution in [0.15, 0.2) is 23.2 Å². The average molecular weight is 327 g/mol. The number of hydrogen-bond acceptors (Lipinski definition) is 5. The van der Waals surface area contributed by atoms with Gasteiger partial charge in [-0.15, -0.1) is 0 Å². The highest BCUT2D eigenvalue weighted by Crippen LogP contribution is 2.28. The Kier molecular flexibility index (Phi) is 5.02. The van der Waals surface area contributed by atoms with Crippen LogP contribution in [-0.2, 0) is 14.8 Å². The van der Waals surface area contributed by atoms with E-state index in [4.69, 9.17) is 5.11 Å². The molecule has 1 atom stereocenters. The summed E-state index contributed by atoms with van der Waals surface area (Å²) in [6.07, 6.45) is 3.36. The molecule has 1 aliphatic carbocycles. The maximum Gasteiger partial charge on any atom is 0.326 e. The van der Waals surface area contributed by atoms with Gasteiger partial charge in [-0.1, -0.05) is 13.8 Å². The number of nitrogens with zero attached hydrogens (tertiary/aromatic N) is 1. The lowest BCUT2D eigenvalue weighted by atomic mass is 10.1. The second-order valence-electron chi connectivity index (χ2n) is 5.88. The van der Waals surface area contributed by atoms with Crippen LogP contribution < -0.4 is 10.0 Å². The smallest absolute Gasteiger partial charge is 0.326 e. The van der Waals surface area contributed by atoms with Crippen molar-refractivity contribution in [1.29, 1.82) is 0 Å². The minimum atomic E-state index is -3.55. The van der Waals surface area contributed by atoms with E-state index in [0.717, 1.165) is 12.8 Å². The van der Waals surface area contributed by atoms with Crippen LogP contribution in [0, 0.1) is 11.8 Å². The number of rotatable bonds is 8. The Labute approximate surface area is 130 Å². The Bertz CT molecular complexity index is 624. The molecular formula is C14H21N3O4S. The topological polar surface area (TPSA) is 108 Å². The second kappa shape index (κ2) is 6.62. The molecule has 0 radical (unpaired) electrons. The highest BCUT2D eigenvalue weighted by atomic mass is 32.2. The van der Waals surface area contributed by atoms with Crippen LogP contribution in [0.25, 0.3) is 0 Å².